The van der Waals surface area contributed by atoms with Crippen LogP contribution >= 0.6 is 11.6 Å². The van der Waals surface area contributed by atoms with E-state index in [0.29, 0.717) is 6.42 Å². The summed E-state index contributed by atoms with van der Waals surface area (Å²) >= 11 is 5.89. The van der Waals surface area contributed by atoms with Gasteiger partial charge in [-0.3, -0.25) is 0 Å². The Hall–Kier alpha value is -0.700. The average Bonchev–Trinajstić information content (AvgIpc) is 2.61. The molecule has 0 nitrogen and oxygen atoms in total. The molecule has 1 aliphatic rings. The monoisotopic (exact) mass is 234 g/mol. The lowest BCUT2D eigenvalue weighted by Gasteiger charge is -2.11. The van der Waals surface area contributed by atoms with Gasteiger partial charge in [-0.2, -0.15) is 0 Å². The van der Waals surface area contributed by atoms with Crippen LogP contribution in [0.5, 0.6) is 0 Å². The summed E-state index contributed by atoms with van der Waals surface area (Å²) in [4.78, 5) is 0. The Morgan fingerprint density at radius 2 is 1.80 bits per heavy atom. The molecule has 0 heterocycles. The summed E-state index contributed by atoms with van der Waals surface area (Å²) in [5.41, 5.74) is 0.247. The highest BCUT2D eigenvalue weighted by Gasteiger charge is 2.28. The zero-order chi connectivity index (χ0) is 11.0. The summed E-state index contributed by atoms with van der Waals surface area (Å²) in [6.07, 6.45) is 2.16. The van der Waals surface area contributed by atoms with Gasteiger partial charge in [0.05, 0.1) is 0 Å². The fraction of sp³-hybridized carbons (Fsp3) is 0.455. The van der Waals surface area contributed by atoms with Crippen LogP contribution in [0.2, 0.25) is 0 Å². The number of halogens is 4. The van der Waals surface area contributed by atoms with Gasteiger partial charge in [-0.25, -0.2) is 13.2 Å². The van der Waals surface area contributed by atoms with Crippen molar-refractivity contribution in [2.24, 2.45) is 0 Å². The van der Waals surface area contributed by atoms with E-state index in [9.17, 15) is 13.2 Å². The van der Waals surface area contributed by atoms with Crippen LogP contribution in [0.1, 0.15) is 30.7 Å². The molecule has 0 aromatic heterocycles. The Morgan fingerprint density at radius 1 is 1.07 bits per heavy atom. The van der Waals surface area contributed by atoms with Gasteiger partial charge in [0.15, 0.2) is 17.5 Å². The van der Waals surface area contributed by atoms with Crippen molar-refractivity contribution in [2.45, 2.75) is 30.6 Å². The maximum Gasteiger partial charge on any atom is 0.194 e. The summed E-state index contributed by atoms with van der Waals surface area (Å²) in [5.74, 6) is -3.67. The lowest BCUT2D eigenvalue weighted by Crippen LogP contribution is -2.02. The van der Waals surface area contributed by atoms with Gasteiger partial charge in [-0.1, -0.05) is 6.07 Å². The number of benzene rings is 1. The minimum atomic E-state index is -1.38. The number of hydrogen-bond donors (Lipinski definition) is 0. The van der Waals surface area contributed by atoms with E-state index >= 15 is 0 Å². The number of hydrogen-bond acceptors (Lipinski definition) is 0. The molecule has 1 fully saturated rings. The molecule has 1 saturated carbocycles. The van der Waals surface area contributed by atoms with Crippen LogP contribution in [0.15, 0.2) is 12.1 Å². The third-order valence-electron chi connectivity index (χ3n) is 2.87. The molecular weight excluding hydrogens is 225 g/mol. The Labute approximate surface area is 91.1 Å². The maximum atomic E-state index is 13.4. The van der Waals surface area contributed by atoms with E-state index in [1.807, 2.05) is 0 Å². The molecule has 0 N–H and O–H groups in total. The van der Waals surface area contributed by atoms with Crippen molar-refractivity contribution in [1.82, 2.24) is 0 Å². The normalized spacial score (nSPS) is 25.9. The second-order valence-electron chi connectivity index (χ2n) is 3.87. The zero-order valence-electron chi connectivity index (χ0n) is 7.94. The molecule has 1 aromatic carbocycles. The number of alkyl halides is 1. The zero-order valence-corrected chi connectivity index (χ0v) is 8.70. The predicted molar refractivity (Wildman–Crippen MR) is 52.5 cm³/mol. The SMILES string of the molecule is Fc1ccc(C2CCC(Cl)C2)c(F)c1F. The van der Waals surface area contributed by atoms with Gasteiger partial charge in [-0.05, 0) is 36.8 Å². The van der Waals surface area contributed by atoms with Crippen molar-refractivity contribution in [3.05, 3.63) is 35.1 Å². The molecule has 1 aromatic rings. The van der Waals surface area contributed by atoms with E-state index in [0.717, 1.165) is 18.9 Å². The maximum absolute atomic E-state index is 13.4. The van der Waals surface area contributed by atoms with E-state index in [1.54, 1.807) is 0 Å². The molecule has 0 aliphatic heterocycles. The highest BCUT2D eigenvalue weighted by molar-refractivity contribution is 6.20. The van der Waals surface area contributed by atoms with Crippen molar-refractivity contribution in [2.75, 3.05) is 0 Å². The Morgan fingerprint density at radius 3 is 2.40 bits per heavy atom. The van der Waals surface area contributed by atoms with Crippen molar-refractivity contribution < 1.29 is 13.2 Å². The van der Waals surface area contributed by atoms with Crippen LogP contribution in [0.3, 0.4) is 0 Å². The van der Waals surface area contributed by atoms with Gasteiger partial charge in [-0.15, -0.1) is 11.6 Å². The summed E-state index contributed by atoms with van der Waals surface area (Å²) in [6.45, 7) is 0. The molecule has 0 radical (unpaired) electrons. The largest absolute Gasteiger partial charge is 0.204 e. The molecule has 2 atom stereocenters. The molecule has 0 saturated heterocycles. The van der Waals surface area contributed by atoms with Gasteiger partial charge in [0, 0.05) is 5.38 Å². The fourth-order valence-corrected chi connectivity index (χ4v) is 2.41. The molecule has 82 valence electrons. The van der Waals surface area contributed by atoms with Crippen molar-refractivity contribution in [3.8, 4) is 0 Å². The van der Waals surface area contributed by atoms with Gasteiger partial charge in [0.1, 0.15) is 0 Å². The predicted octanol–water partition coefficient (Wildman–Crippen LogP) is 3.98. The lowest BCUT2D eigenvalue weighted by molar-refractivity contribution is 0.435. The van der Waals surface area contributed by atoms with Crippen LogP contribution in [0.25, 0.3) is 0 Å². The van der Waals surface area contributed by atoms with Gasteiger partial charge >= 0.3 is 0 Å². The van der Waals surface area contributed by atoms with Crippen molar-refractivity contribution in [1.29, 1.82) is 0 Å². The van der Waals surface area contributed by atoms with E-state index in [2.05, 4.69) is 0 Å². The molecule has 0 spiro atoms. The van der Waals surface area contributed by atoms with Crippen LogP contribution < -0.4 is 0 Å². The Kier molecular flexibility index (Phi) is 2.91. The van der Waals surface area contributed by atoms with E-state index in [1.165, 1.54) is 6.07 Å². The van der Waals surface area contributed by atoms with Gasteiger partial charge < -0.3 is 0 Å². The molecule has 4 heteroatoms. The Bertz CT molecular complexity index is 378. The summed E-state index contributed by atoms with van der Waals surface area (Å²) < 4.78 is 39.0. The van der Waals surface area contributed by atoms with Crippen LogP contribution in [0, 0.1) is 17.5 Å². The molecule has 0 bridgehead atoms. The first-order chi connectivity index (χ1) is 7.09. The van der Waals surface area contributed by atoms with Crippen LogP contribution in [0.4, 0.5) is 13.2 Å². The molecule has 1 aliphatic carbocycles. The summed E-state index contributed by atoms with van der Waals surface area (Å²) in [5, 5.41) is 0.0162. The summed E-state index contributed by atoms with van der Waals surface area (Å²) in [6, 6.07) is 2.28. The molecule has 2 unspecified atom stereocenters. The average molecular weight is 235 g/mol. The van der Waals surface area contributed by atoms with Gasteiger partial charge in [0.2, 0.25) is 0 Å². The first-order valence-electron chi connectivity index (χ1n) is 4.87. The highest BCUT2D eigenvalue weighted by atomic mass is 35.5. The second kappa shape index (κ2) is 4.05. The molecule has 2 rings (SSSR count). The first-order valence-corrected chi connectivity index (χ1v) is 5.30. The second-order valence-corrected chi connectivity index (χ2v) is 4.49. The quantitative estimate of drug-likeness (QED) is 0.509. The smallest absolute Gasteiger partial charge is 0.194 e. The van der Waals surface area contributed by atoms with Crippen LogP contribution in [-0.2, 0) is 0 Å². The van der Waals surface area contributed by atoms with Crippen molar-refractivity contribution >= 4 is 11.6 Å². The first kappa shape index (κ1) is 10.8. The fourth-order valence-electron chi connectivity index (χ4n) is 2.07. The Balaban J connectivity index is 2.33. The van der Waals surface area contributed by atoms with Crippen LogP contribution in [-0.4, -0.2) is 5.38 Å². The third-order valence-corrected chi connectivity index (χ3v) is 3.27. The minimum Gasteiger partial charge on any atom is -0.204 e. The summed E-state index contributed by atoms with van der Waals surface area (Å²) in [7, 11) is 0. The third kappa shape index (κ3) is 1.98. The van der Waals surface area contributed by atoms with E-state index < -0.39 is 17.5 Å². The van der Waals surface area contributed by atoms with E-state index in [-0.39, 0.29) is 16.9 Å². The molecular formula is C11H10ClF3. The van der Waals surface area contributed by atoms with Gasteiger partial charge in [0.25, 0.3) is 0 Å². The topological polar surface area (TPSA) is 0 Å². The minimum absolute atomic E-state index is 0.0162. The standard InChI is InChI=1S/C11H10ClF3/c12-7-2-1-6(5-7)8-3-4-9(13)11(15)10(8)14/h3-4,6-7H,1-2,5H2. The van der Waals surface area contributed by atoms with E-state index in [4.69, 9.17) is 11.6 Å². The highest BCUT2D eigenvalue weighted by Crippen LogP contribution is 2.38. The molecule has 0 amide bonds. The molecule has 15 heavy (non-hydrogen) atoms. The van der Waals surface area contributed by atoms with Crippen molar-refractivity contribution in [3.63, 3.8) is 0 Å². The number of rotatable bonds is 1. The lowest BCUT2D eigenvalue weighted by atomic mass is 9.97.